The Balaban J connectivity index is 0.000000189. The van der Waals surface area contributed by atoms with Crippen LogP contribution in [-0.2, 0) is 64.6 Å². The Morgan fingerprint density at radius 3 is 1.32 bits per heavy atom. The number of aromatic nitrogens is 10. The van der Waals surface area contributed by atoms with E-state index in [-0.39, 0.29) is 55.4 Å². The van der Waals surface area contributed by atoms with Crippen LogP contribution in [0.5, 0.6) is 0 Å². The quantitative estimate of drug-likeness (QED) is 0.0382. The summed E-state index contributed by atoms with van der Waals surface area (Å²) < 4.78 is 83.8. The van der Waals surface area contributed by atoms with Crippen LogP contribution in [0.2, 0.25) is 0 Å². The van der Waals surface area contributed by atoms with Crippen LogP contribution in [-0.4, -0.2) is 120 Å². The first-order valence-corrected chi connectivity index (χ1v) is 38.7. The molecule has 22 nitrogen and oxygen atoms in total. The average Bonchev–Trinajstić information content (AvgIpc) is 1.62. The smallest absolute Gasteiger partial charge is 0.870 e. The number of pyridine rings is 6. The molecule has 13 aromatic rings. The minimum atomic E-state index is -3.82. The molecule has 28 heteroatoms. The van der Waals surface area contributed by atoms with Crippen LogP contribution in [0, 0.1) is 0 Å². The molecule has 0 spiro atoms. The minimum absolute atomic E-state index is 0. The number of nitrogens with zero attached hydrogens (tertiary/aromatic N) is 10. The second kappa shape index (κ2) is 41.8. The van der Waals surface area contributed by atoms with Crippen LogP contribution in [0.4, 0.5) is 0 Å². The molecule has 0 radical (unpaired) electrons. The molecule has 1 fully saturated rings. The van der Waals surface area contributed by atoms with Crippen LogP contribution in [0.1, 0.15) is 87.6 Å². The third kappa shape index (κ3) is 22.3. The molecule has 0 saturated carbocycles. The molecule has 1 N–H and O–H groups in total. The van der Waals surface area contributed by atoms with E-state index in [2.05, 4.69) is 77.6 Å². The molecule has 0 amide bonds. The number of ether oxygens (including phenoxy) is 1. The Bertz CT molecular complexity index is 5280. The van der Waals surface area contributed by atoms with Crippen LogP contribution < -0.4 is 29.6 Å². The van der Waals surface area contributed by atoms with Crippen molar-refractivity contribution in [2.45, 2.75) is 74.2 Å². The van der Waals surface area contributed by atoms with Gasteiger partial charge in [-0.2, -0.15) is 0 Å². The zero-order chi connectivity index (χ0) is 72.9. The van der Waals surface area contributed by atoms with Gasteiger partial charge in [-0.15, -0.1) is 0 Å². The van der Waals surface area contributed by atoms with Gasteiger partial charge >= 0.3 is 29.6 Å². The molecule has 10 aromatic heterocycles. The van der Waals surface area contributed by atoms with Gasteiger partial charge in [-0.3, -0.25) is 49.1 Å². The number of halogens is 2. The van der Waals surface area contributed by atoms with Crippen molar-refractivity contribution in [2.24, 2.45) is 0 Å². The van der Waals surface area contributed by atoms with Crippen LogP contribution in [0.3, 0.4) is 0 Å². The van der Waals surface area contributed by atoms with Crippen molar-refractivity contribution >= 4 is 144 Å². The molecular weight excluding hydrogens is 1530 g/mol. The van der Waals surface area contributed by atoms with Gasteiger partial charge in [0.05, 0.1) is 87.3 Å². The van der Waals surface area contributed by atoms with Crippen LogP contribution in [0.25, 0.3) is 56.3 Å². The summed E-state index contributed by atoms with van der Waals surface area (Å²) in [6, 6.07) is 53.4. The Labute approximate surface area is 643 Å². The Morgan fingerprint density at radius 1 is 0.471 bits per heavy atom. The molecule has 11 heterocycles. The number of hydrogen-bond acceptors (Lipinski definition) is 18. The Kier molecular flexibility index (Phi) is 33.6. The number of carbonyl (C=O) groups is 4. The SMILES string of the molecule is C1=Cc2ncccc2C1.C1CCOC1.CCI.CCn1c(C=O)cc2ncccc21.CCn1c(C=O)cc2ncccc21.O=CC1=Cc2ncccc2C1.O=Cc1cc2ncccc2n1S(=O)(=O)c1ccccc1.O=S(=O)(Cl)c1ccccc1.O=S(=O)(c1ccccc1)n1ccc2ncccc21.[Na+].[OH-]. The maximum Gasteiger partial charge on any atom is 1.00 e. The van der Waals surface area contributed by atoms with Crippen LogP contribution >= 0.6 is 33.3 Å². The molecule has 532 valence electrons. The molecule has 1 aliphatic heterocycles. The normalized spacial score (nSPS) is 12.0. The molecule has 104 heavy (non-hydrogen) atoms. The van der Waals surface area contributed by atoms with E-state index in [1.165, 1.54) is 63.3 Å². The van der Waals surface area contributed by atoms with Gasteiger partial charge in [0.15, 0.2) is 18.9 Å². The first kappa shape index (κ1) is 83.6. The van der Waals surface area contributed by atoms with Crippen LogP contribution in [0.15, 0.2) is 258 Å². The summed E-state index contributed by atoms with van der Waals surface area (Å²) in [6.45, 7) is 9.73. The number of hydrogen-bond donors (Lipinski definition) is 0. The van der Waals surface area contributed by atoms with E-state index < -0.39 is 29.1 Å². The molecule has 3 aliphatic rings. The number of allylic oxidation sites excluding steroid dienone is 2. The van der Waals surface area contributed by atoms with Crippen molar-refractivity contribution in [1.29, 1.82) is 0 Å². The zero-order valence-corrected chi connectivity index (χ0v) is 64.6. The van der Waals surface area contributed by atoms with Crippen molar-refractivity contribution in [1.82, 2.24) is 47.0 Å². The summed E-state index contributed by atoms with van der Waals surface area (Å²) in [5.74, 6) is 0. The van der Waals surface area contributed by atoms with E-state index >= 15 is 0 Å². The molecule has 0 unspecified atom stereocenters. The van der Waals surface area contributed by atoms with Crippen molar-refractivity contribution in [2.75, 3.05) is 17.6 Å². The van der Waals surface area contributed by atoms with Gasteiger partial charge < -0.3 is 19.3 Å². The third-order valence-electron chi connectivity index (χ3n) is 15.1. The Morgan fingerprint density at radius 2 is 0.885 bits per heavy atom. The van der Waals surface area contributed by atoms with Crippen molar-refractivity contribution < 1.29 is 84.2 Å². The van der Waals surface area contributed by atoms with E-state index in [0.29, 0.717) is 39.7 Å². The minimum Gasteiger partial charge on any atom is -0.870 e. The number of aldehydes is 4. The van der Waals surface area contributed by atoms with E-state index in [4.69, 9.17) is 15.4 Å². The number of alkyl halides is 1. The summed E-state index contributed by atoms with van der Waals surface area (Å²) in [5.41, 5.74) is 12.7. The summed E-state index contributed by atoms with van der Waals surface area (Å²) >= 11 is 2.29. The fraction of sp³-hybridized carbons (Fsp3) is 0.158. The van der Waals surface area contributed by atoms with Gasteiger partial charge in [0.1, 0.15) is 6.29 Å². The summed E-state index contributed by atoms with van der Waals surface area (Å²) in [5, 5.41) is 0. The topological polar surface area (TPSA) is 307 Å². The van der Waals surface area contributed by atoms with Gasteiger partial charge in [0.2, 0.25) is 0 Å². The van der Waals surface area contributed by atoms with E-state index in [1.54, 1.807) is 128 Å². The van der Waals surface area contributed by atoms with E-state index in [9.17, 15) is 44.4 Å². The standard InChI is InChI=1S/C14H10N2O3S.C13H10N2O2S.2C10H10N2O.C9H7NO.C8H7N.C6H5ClO2S.C4H8O.C2H5I.Na.H2O/c17-10-11-9-13-14(7-4-8-15-13)16(11)20(18,19)12-5-2-1-3-6-12;16-18(17,11-5-2-1-3-6-11)15-10-8-12-13(15)7-4-9-14-12;2*1-2-12-8(7-13)6-9-10(12)4-3-5-11-9;11-6-7-4-8-2-1-3-10-9(8)5-7;1-3-7-4-2-6-9-8(7)5-1;7-10(8,9)6-4-2-1-3-5-6;1-2-4-5-3-1;1-2-3;;/h1-10H;1-10H;2*3-7H,2H2,1H3;1-3,5-6H,4H2;1-2,4-6H,3H2;1-5H;1-4H2;2H2,1H3;;1H2/q;;;;;;;;;+1;/p-1. The van der Waals surface area contributed by atoms with Gasteiger partial charge in [-0.25, -0.2) is 33.2 Å². The van der Waals surface area contributed by atoms with E-state index in [1.807, 2.05) is 89.9 Å². The Hall–Kier alpha value is -9.33. The monoisotopic (exact) mass is 1600 g/mol. The zero-order valence-electron chi connectivity index (χ0n) is 57.2. The predicted molar refractivity (Wildman–Crippen MR) is 409 cm³/mol. The second-order valence-electron chi connectivity index (χ2n) is 21.7. The summed E-state index contributed by atoms with van der Waals surface area (Å²) in [6.07, 6.45) is 25.3. The third-order valence-corrected chi connectivity index (χ3v) is 20.0. The van der Waals surface area contributed by atoms with Gasteiger partial charge in [0, 0.05) is 86.8 Å². The first-order chi connectivity index (χ1) is 49.4. The van der Waals surface area contributed by atoms with E-state index in [0.717, 1.165) is 107 Å². The van der Waals surface area contributed by atoms with Crippen molar-refractivity contribution in [3.05, 3.63) is 283 Å². The number of rotatable bonds is 11. The number of carbonyl (C=O) groups excluding carboxylic acids is 4. The van der Waals surface area contributed by atoms with Crippen molar-refractivity contribution in [3.8, 4) is 0 Å². The molecule has 16 rings (SSSR count). The maximum absolute atomic E-state index is 12.7. The average molecular weight is 1600 g/mol. The fourth-order valence-electron chi connectivity index (χ4n) is 10.5. The molecular formula is C76H73ClIN10NaO12S3. The second-order valence-corrected chi connectivity index (χ2v) is 29.4. The van der Waals surface area contributed by atoms with Crippen molar-refractivity contribution in [3.63, 3.8) is 0 Å². The fourth-order valence-corrected chi connectivity index (χ4v) is 14.1. The summed E-state index contributed by atoms with van der Waals surface area (Å²) in [4.78, 5) is 68.3. The maximum atomic E-state index is 12.7. The summed E-state index contributed by atoms with van der Waals surface area (Å²) in [7, 11) is -5.86. The molecule has 1 saturated heterocycles. The first-order valence-electron chi connectivity index (χ1n) is 32.0. The largest absolute Gasteiger partial charge is 1.00 e. The number of fused-ring (bicyclic) bond motifs is 6. The van der Waals surface area contributed by atoms with Gasteiger partial charge in [-0.05, 0) is 188 Å². The van der Waals surface area contributed by atoms with Gasteiger partial charge in [0.25, 0.3) is 29.1 Å². The molecule has 0 bridgehead atoms. The number of aryl methyl sites for hydroxylation is 2. The van der Waals surface area contributed by atoms with Gasteiger partial charge in [-0.1, -0.05) is 102 Å². The molecule has 2 aliphatic carbocycles. The number of benzene rings is 3. The molecule has 0 atom stereocenters. The predicted octanol–water partition coefficient (Wildman–Crippen LogP) is 11.6. The molecule has 3 aromatic carbocycles.